The van der Waals surface area contributed by atoms with Gasteiger partial charge in [-0.25, -0.2) is 12.8 Å². The Kier molecular flexibility index (Phi) is 5.22. The number of rotatable bonds is 3. The van der Waals surface area contributed by atoms with Crippen molar-refractivity contribution in [2.75, 3.05) is 39.8 Å². The van der Waals surface area contributed by atoms with Gasteiger partial charge in [-0.1, -0.05) is 6.07 Å². The minimum atomic E-state index is -3.78. The Balaban J connectivity index is 1.61. The molecular formula is C20H28FN3O3S. The molecule has 0 N–H and O–H groups in total. The standard InChI is InChI=1S/C20H28FN3O3S/c1-22-13-8-20(19(25)23-10-2-3-11-23)9-14-24(12-7-18(20)22)28(26,27)17-6-4-5-16(21)15-17/h4-6,15,18H,2-3,7-14H2,1H3/t18-,20-/m0/s1. The lowest BCUT2D eigenvalue weighted by molar-refractivity contribution is -0.142. The summed E-state index contributed by atoms with van der Waals surface area (Å²) in [5, 5.41) is 0. The largest absolute Gasteiger partial charge is 0.342 e. The van der Waals surface area contributed by atoms with Gasteiger partial charge in [0.15, 0.2) is 0 Å². The summed E-state index contributed by atoms with van der Waals surface area (Å²) in [5.74, 6) is -0.363. The Hall–Kier alpha value is -1.51. The molecule has 1 aromatic rings. The average molecular weight is 410 g/mol. The molecule has 154 valence electrons. The van der Waals surface area contributed by atoms with Crippen LogP contribution in [0.3, 0.4) is 0 Å². The van der Waals surface area contributed by atoms with Crippen molar-refractivity contribution in [3.63, 3.8) is 0 Å². The summed E-state index contributed by atoms with van der Waals surface area (Å²) in [7, 11) is -1.75. The third-order valence-corrected chi connectivity index (χ3v) is 8.69. The van der Waals surface area contributed by atoms with E-state index in [9.17, 15) is 17.6 Å². The molecule has 0 saturated carbocycles. The number of benzene rings is 1. The molecule has 2 atom stereocenters. The van der Waals surface area contributed by atoms with Crippen LogP contribution >= 0.6 is 0 Å². The summed E-state index contributed by atoms with van der Waals surface area (Å²) in [4.78, 5) is 17.6. The molecule has 4 rings (SSSR count). The maximum absolute atomic E-state index is 13.6. The second-order valence-electron chi connectivity index (χ2n) is 8.30. The quantitative estimate of drug-likeness (QED) is 0.765. The Labute approximate surface area is 166 Å². The monoisotopic (exact) mass is 409 g/mol. The summed E-state index contributed by atoms with van der Waals surface area (Å²) in [5.41, 5.74) is -0.509. The third-order valence-electron chi connectivity index (χ3n) is 6.79. The third kappa shape index (κ3) is 3.25. The predicted molar refractivity (Wildman–Crippen MR) is 104 cm³/mol. The van der Waals surface area contributed by atoms with Gasteiger partial charge in [-0.3, -0.25) is 4.79 Å². The van der Waals surface area contributed by atoms with E-state index in [0.717, 1.165) is 45.0 Å². The topological polar surface area (TPSA) is 60.9 Å². The Bertz CT molecular complexity index is 856. The molecule has 3 aliphatic rings. The highest BCUT2D eigenvalue weighted by Crippen LogP contribution is 2.45. The Morgan fingerprint density at radius 3 is 2.54 bits per heavy atom. The molecule has 0 aromatic heterocycles. The predicted octanol–water partition coefficient (Wildman–Crippen LogP) is 1.92. The summed E-state index contributed by atoms with van der Waals surface area (Å²) >= 11 is 0. The van der Waals surface area contributed by atoms with Crippen LogP contribution in [-0.4, -0.2) is 74.2 Å². The molecule has 3 fully saturated rings. The maximum Gasteiger partial charge on any atom is 0.243 e. The van der Waals surface area contributed by atoms with Crippen molar-refractivity contribution in [3.05, 3.63) is 30.1 Å². The van der Waals surface area contributed by atoms with Crippen molar-refractivity contribution in [2.24, 2.45) is 5.41 Å². The number of amides is 1. The van der Waals surface area contributed by atoms with Gasteiger partial charge in [0.1, 0.15) is 5.82 Å². The van der Waals surface area contributed by atoms with Crippen LogP contribution in [0.4, 0.5) is 4.39 Å². The van der Waals surface area contributed by atoms with Gasteiger partial charge in [0.2, 0.25) is 15.9 Å². The first-order valence-corrected chi connectivity index (χ1v) is 11.5. The van der Waals surface area contributed by atoms with Crippen molar-refractivity contribution in [2.45, 2.75) is 43.0 Å². The maximum atomic E-state index is 13.6. The van der Waals surface area contributed by atoms with Crippen molar-refractivity contribution >= 4 is 15.9 Å². The van der Waals surface area contributed by atoms with Crippen molar-refractivity contribution in [1.29, 1.82) is 0 Å². The molecular weight excluding hydrogens is 381 g/mol. The molecule has 3 saturated heterocycles. The van der Waals surface area contributed by atoms with E-state index in [0.29, 0.717) is 25.9 Å². The van der Waals surface area contributed by atoms with Gasteiger partial charge >= 0.3 is 0 Å². The fourth-order valence-electron chi connectivity index (χ4n) is 5.22. The first-order valence-electron chi connectivity index (χ1n) is 10.1. The van der Waals surface area contributed by atoms with Crippen LogP contribution in [0.1, 0.15) is 32.1 Å². The SMILES string of the molecule is CN1CC[C@]2(C(=O)N3CCCC3)CCN(S(=O)(=O)c3cccc(F)c3)CC[C@H]12. The molecule has 0 radical (unpaired) electrons. The van der Waals surface area contributed by atoms with Crippen LogP contribution in [-0.2, 0) is 14.8 Å². The van der Waals surface area contributed by atoms with E-state index in [-0.39, 0.29) is 16.8 Å². The molecule has 1 amide bonds. The Morgan fingerprint density at radius 2 is 1.82 bits per heavy atom. The molecule has 0 spiro atoms. The fraction of sp³-hybridized carbons (Fsp3) is 0.650. The lowest BCUT2D eigenvalue weighted by atomic mass is 9.75. The number of carbonyl (C=O) groups is 1. The lowest BCUT2D eigenvalue weighted by Gasteiger charge is -2.37. The Morgan fingerprint density at radius 1 is 1.11 bits per heavy atom. The van der Waals surface area contributed by atoms with Crippen LogP contribution < -0.4 is 0 Å². The van der Waals surface area contributed by atoms with Gasteiger partial charge in [0, 0.05) is 32.2 Å². The van der Waals surface area contributed by atoms with Crippen LogP contribution in [0.25, 0.3) is 0 Å². The van der Waals surface area contributed by atoms with Gasteiger partial charge in [0.05, 0.1) is 10.3 Å². The molecule has 0 unspecified atom stereocenters. The van der Waals surface area contributed by atoms with E-state index in [2.05, 4.69) is 4.90 Å². The number of hydrogen-bond donors (Lipinski definition) is 0. The highest BCUT2D eigenvalue weighted by molar-refractivity contribution is 7.89. The minimum Gasteiger partial charge on any atom is -0.342 e. The summed E-state index contributed by atoms with van der Waals surface area (Å²) in [6.07, 6.45) is 4.00. The molecule has 0 bridgehead atoms. The number of hydrogen-bond acceptors (Lipinski definition) is 4. The van der Waals surface area contributed by atoms with Gasteiger partial charge < -0.3 is 9.80 Å². The van der Waals surface area contributed by atoms with Gasteiger partial charge in [-0.2, -0.15) is 4.31 Å². The van der Waals surface area contributed by atoms with Crippen molar-refractivity contribution in [1.82, 2.24) is 14.1 Å². The molecule has 0 aliphatic carbocycles. The van der Waals surface area contributed by atoms with E-state index in [1.807, 2.05) is 11.9 Å². The van der Waals surface area contributed by atoms with Crippen LogP contribution in [0, 0.1) is 11.2 Å². The second kappa shape index (κ2) is 7.39. The zero-order valence-electron chi connectivity index (χ0n) is 16.3. The number of halogens is 1. The normalized spacial score (nSPS) is 29.6. The average Bonchev–Trinajstić information content (AvgIpc) is 3.26. The molecule has 8 heteroatoms. The first-order chi connectivity index (χ1) is 13.3. The van der Waals surface area contributed by atoms with Crippen molar-refractivity contribution < 1.29 is 17.6 Å². The highest BCUT2D eigenvalue weighted by Gasteiger charge is 2.54. The van der Waals surface area contributed by atoms with E-state index in [4.69, 9.17) is 0 Å². The number of nitrogens with zero attached hydrogens (tertiary/aromatic N) is 3. The first kappa shape index (κ1) is 19.8. The number of fused-ring (bicyclic) bond motifs is 1. The van der Waals surface area contributed by atoms with Crippen LogP contribution in [0.2, 0.25) is 0 Å². The zero-order valence-corrected chi connectivity index (χ0v) is 17.1. The van der Waals surface area contributed by atoms with Crippen LogP contribution in [0.5, 0.6) is 0 Å². The van der Waals surface area contributed by atoms with Gasteiger partial charge in [0.25, 0.3) is 0 Å². The van der Waals surface area contributed by atoms with Crippen LogP contribution in [0.15, 0.2) is 29.2 Å². The lowest BCUT2D eigenvalue weighted by Crippen LogP contribution is -2.49. The second-order valence-corrected chi connectivity index (χ2v) is 10.2. The van der Waals surface area contributed by atoms with Crippen molar-refractivity contribution in [3.8, 4) is 0 Å². The summed E-state index contributed by atoms with van der Waals surface area (Å²) in [6, 6.07) is 5.21. The van der Waals surface area contributed by atoms with E-state index in [1.54, 1.807) is 0 Å². The molecule has 1 aromatic carbocycles. The van der Waals surface area contributed by atoms with E-state index >= 15 is 0 Å². The molecule has 28 heavy (non-hydrogen) atoms. The molecule has 6 nitrogen and oxygen atoms in total. The summed E-state index contributed by atoms with van der Waals surface area (Å²) < 4.78 is 41.2. The highest BCUT2D eigenvalue weighted by atomic mass is 32.2. The smallest absolute Gasteiger partial charge is 0.243 e. The number of sulfonamides is 1. The van der Waals surface area contributed by atoms with Gasteiger partial charge in [-0.05, 0) is 63.9 Å². The molecule has 3 heterocycles. The van der Waals surface area contributed by atoms with E-state index in [1.165, 1.54) is 22.5 Å². The summed E-state index contributed by atoms with van der Waals surface area (Å²) in [6.45, 7) is 3.12. The van der Waals surface area contributed by atoms with Gasteiger partial charge in [-0.15, -0.1) is 0 Å². The fourth-order valence-corrected chi connectivity index (χ4v) is 6.71. The number of carbonyl (C=O) groups excluding carboxylic acids is 1. The zero-order chi connectivity index (χ0) is 19.9. The number of likely N-dealkylation sites (tertiary alicyclic amines) is 2. The van der Waals surface area contributed by atoms with E-state index < -0.39 is 21.3 Å². The minimum absolute atomic E-state index is 0.0205. The molecule has 3 aliphatic heterocycles.